The van der Waals surface area contributed by atoms with E-state index in [9.17, 15) is 13.2 Å². The second-order valence-electron chi connectivity index (χ2n) is 5.44. The zero-order chi connectivity index (χ0) is 15.5. The maximum atomic E-state index is 11.9. The number of carbonyl (C=O) groups excluding carboxylic acids is 1. The van der Waals surface area contributed by atoms with Crippen molar-refractivity contribution in [3.05, 3.63) is 48.0 Å². The third-order valence-electron chi connectivity index (χ3n) is 3.36. The summed E-state index contributed by atoms with van der Waals surface area (Å²) in [5, 5.41) is 2.14. The molecule has 0 bridgehead atoms. The molecule has 1 aliphatic heterocycles. The summed E-state index contributed by atoms with van der Waals surface area (Å²) in [7, 11) is 0.667. The van der Waals surface area contributed by atoms with Crippen LogP contribution in [-0.2, 0) is 14.6 Å². The Hall–Kier alpha value is -1.66. The Morgan fingerprint density at radius 2 is 2.00 bits per heavy atom. The molecule has 0 saturated carbocycles. The summed E-state index contributed by atoms with van der Waals surface area (Å²) in [6.07, 6.45) is 3.20. The second-order valence-corrected chi connectivity index (χ2v) is 7.61. The molecule has 1 heterocycles. The third-order valence-corrected chi connectivity index (χ3v) is 5.56. The van der Waals surface area contributed by atoms with Crippen molar-refractivity contribution >= 4 is 15.7 Å². The van der Waals surface area contributed by atoms with Crippen LogP contribution in [0.1, 0.15) is 10.8 Å². The van der Waals surface area contributed by atoms with E-state index in [-0.39, 0.29) is 17.7 Å². The van der Waals surface area contributed by atoms with Crippen molar-refractivity contribution in [2.45, 2.75) is 11.3 Å². The quantitative estimate of drug-likeness (QED) is 0.816. The largest absolute Gasteiger partial charge is 0.347 e. The average Bonchev–Trinajstić information content (AvgIpc) is 2.38. The van der Waals surface area contributed by atoms with Crippen molar-refractivity contribution in [2.75, 3.05) is 26.4 Å². The predicted molar refractivity (Wildman–Crippen MR) is 82.6 cm³/mol. The molecule has 114 valence electrons. The van der Waals surface area contributed by atoms with E-state index in [1.165, 1.54) is 6.08 Å². The smallest absolute Gasteiger partial charge is 0.244 e. The third kappa shape index (κ3) is 3.92. The molecule has 0 spiro atoms. The predicted octanol–water partition coefficient (Wildman–Crippen LogP) is 0.759. The number of nitrogens with one attached hydrogen (secondary N) is 1. The van der Waals surface area contributed by atoms with E-state index >= 15 is 0 Å². The van der Waals surface area contributed by atoms with Crippen LogP contribution >= 0.6 is 0 Å². The SMILES string of the molecule is CN(C)C/C=C/C(=O)NC1CS(=O)(=O)C1c1ccccc1. The maximum Gasteiger partial charge on any atom is 0.244 e. The van der Waals surface area contributed by atoms with Crippen molar-refractivity contribution in [2.24, 2.45) is 0 Å². The molecule has 2 rings (SSSR count). The number of benzene rings is 1. The van der Waals surface area contributed by atoms with E-state index in [2.05, 4.69) is 5.32 Å². The minimum atomic E-state index is -3.15. The molecular formula is C15H20N2O3S. The van der Waals surface area contributed by atoms with Gasteiger partial charge in [0.1, 0.15) is 5.25 Å². The molecule has 2 unspecified atom stereocenters. The lowest BCUT2D eigenvalue weighted by atomic mass is 10.1. The Morgan fingerprint density at radius 1 is 1.33 bits per heavy atom. The molecule has 1 saturated heterocycles. The lowest BCUT2D eigenvalue weighted by Gasteiger charge is -2.36. The highest BCUT2D eigenvalue weighted by Crippen LogP contribution is 2.36. The highest BCUT2D eigenvalue weighted by Gasteiger charge is 2.47. The van der Waals surface area contributed by atoms with Gasteiger partial charge in [-0.05, 0) is 19.7 Å². The molecule has 1 N–H and O–H groups in total. The van der Waals surface area contributed by atoms with E-state index in [0.29, 0.717) is 6.54 Å². The van der Waals surface area contributed by atoms with Gasteiger partial charge in [-0.3, -0.25) is 4.79 Å². The minimum absolute atomic E-state index is 0.000177. The van der Waals surface area contributed by atoms with Gasteiger partial charge in [0.2, 0.25) is 5.91 Å². The van der Waals surface area contributed by atoms with Gasteiger partial charge in [-0.1, -0.05) is 36.4 Å². The molecule has 1 aromatic rings. The van der Waals surface area contributed by atoms with E-state index in [1.807, 2.05) is 25.1 Å². The average molecular weight is 308 g/mol. The topological polar surface area (TPSA) is 66.5 Å². The Labute approximate surface area is 125 Å². The van der Waals surface area contributed by atoms with Gasteiger partial charge < -0.3 is 10.2 Å². The van der Waals surface area contributed by atoms with E-state index in [4.69, 9.17) is 0 Å². The Balaban J connectivity index is 2.01. The molecule has 1 amide bonds. The fraction of sp³-hybridized carbons (Fsp3) is 0.400. The standard InChI is InChI=1S/C15H20N2O3S/c1-17(2)10-6-9-14(18)16-13-11-21(19,20)15(13)12-7-4-3-5-8-12/h3-9,13,15H,10-11H2,1-2H3,(H,16,18)/b9-6+. The summed E-state index contributed by atoms with van der Waals surface area (Å²) in [6, 6.07) is 8.66. The molecule has 5 nitrogen and oxygen atoms in total. The summed E-state index contributed by atoms with van der Waals surface area (Å²) in [4.78, 5) is 13.7. The van der Waals surface area contributed by atoms with E-state index in [0.717, 1.165) is 5.56 Å². The van der Waals surface area contributed by atoms with Gasteiger partial charge in [0, 0.05) is 12.6 Å². The van der Waals surface area contributed by atoms with Crippen LogP contribution in [0.25, 0.3) is 0 Å². The van der Waals surface area contributed by atoms with Crippen LogP contribution in [0.4, 0.5) is 0 Å². The fourth-order valence-corrected chi connectivity index (χ4v) is 4.23. The number of amides is 1. The molecule has 1 aromatic carbocycles. The molecule has 1 fully saturated rings. The van der Waals surface area contributed by atoms with Crippen LogP contribution in [0.15, 0.2) is 42.5 Å². The zero-order valence-electron chi connectivity index (χ0n) is 12.2. The lowest BCUT2D eigenvalue weighted by Crippen LogP contribution is -2.54. The number of hydrogen-bond acceptors (Lipinski definition) is 4. The summed E-state index contributed by atoms with van der Waals surface area (Å²) >= 11 is 0. The van der Waals surface area contributed by atoms with Gasteiger partial charge in [0.05, 0.1) is 11.8 Å². The first-order valence-corrected chi connectivity index (χ1v) is 8.50. The van der Waals surface area contributed by atoms with Crippen molar-refractivity contribution in [1.29, 1.82) is 0 Å². The van der Waals surface area contributed by atoms with Crippen LogP contribution in [0, 0.1) is 0 Å². The van der Waals surface area contributed by atoms with Crippen LogP contribution in [0.2, 0.25) is 0 Å². The Kier molecular flexibility index (Phi) is 4.80. The van der Waals surface area contributed by atoms with Crippen molar-refractivity contribution in [3.63, 3.8) is 0 Å². The Morgan fingerprint density at radius 3 is 2.57 bits per heavy atom. The summed E-state index contributed by atoms with van der Waals surface area (Å²) in [6.45, 7) is 0.665. The van der Waals surface area contributed by atoms with Crippen molar-refractivity contribution in [1.82, 2.24) is 10.2 Å². The molecule has 0 radical (unpaired) electrons. The number of likely N-dealkylation sites (N-methyl/N-ethyl adjacent to an activating group) is 1. The molecule has 0 aliphatic carbocycles. The number of sulfone groups is 1. The first-order chi connectivity index (χ1) is 9.90. The highest BCUT2D eigenvalue weighted by atomic mass is 32.2. The summed E-state index contributed by atoms with van der Waals surface area (Å²) < 4.78 is 23.9. The summed E-state index contributed by atoms with van der Waals surface area (Å²) in [5.41, 5.74) is 0.728. The molecule has 21 heavy (non-hydrogen) atoms. The first-order valence-electron chi connectivity index (χ1n) is 6.78. The van der Waals surface area contributed by atoms with E-state index < -0.39 is 15.1 Å². The monoisotopic (exact) mass is 308 g/mol. The van der Waals surface area contributed by atoms with Crippen LogP contribution in [0.3, 0.4) is 0 Å². The van der Waals surface area contributed by atoms with Gasteiger partial charge in [-0.15, -0.1) is 0 Å². The number of carbonyl (C=O) groups is 1. The summed E-state index contributed by atoms with van der Waals surface area (Å²) in [5.74, 6) is -0.252. The minimum Gasteiger partial charge on any atom is -0.347 e. The maximum absolute atomic E-state index is 11.9. The second kappa shape index (κ2) is 6.41. The first kappa shape index (κ1) is 15.7. The molecule has 6 heteroatoms. The lowest BCUT2D eigenvalue weighted by molar-refractivity contribution is -0.117. The van der Waals surface area contributed by atoms with Gasteiger partial charge in [-0.2, -0.15) is 0 Å². The van der Waals surface area contributed by atoms with Crippen LogP contribution < -0.4 is 5.32 Å². The van der Waals surface area contributed by atoms with Crippen LogP contribution in [-0.4, -0.2) is 51.7 Å². The fourth-order valence-electron chi connectivity index (χ4n) is 2.37. The van der Waals surface area contributed by atoms with Gasteiger partial charge in [0.15, 0.2) is 9.84 Å². The zero-order valence-corrected chi connectivity index (χ0v) is 13.0. The van der Waals surface area contributed by atoms with Gasteiger partial charge >= 0.3 is 0 Å². The number of rotatable bonds is 5. The number of hydrogen-bond donors (Lipinski definition) is 1. The normalized spacial score (nSPS) is 24.0. The van der Waals surface area contributed by atoms with Crippen molar-refractivity contribution in [3.8, 4) is 0 Å². The molecule has 2 atom stereocenters. The number of nitrogens with zero attached hydrogens (tertiary/aromatic N) is 1. The molecule has 0 aromatic heterocycles. The van der Waals surface area contributed by atoms with Gasteiger partial charge in [-0.25, -0.2) is 8.42 Å². The highest BCUT2D eigenvalue weighted by molar-refractivity contribution is 7.93. The van der Waals surface area contributed by atoms with E-state index in [1.54, 1.807) is 30.3 Å². The van der Waals surface area contributed by atoms with Crippen molar-refractivity contribution < 1.29 is 13.2 Å². The van der Waals surface area contributed by atoms with Gasteiger partial charge in [0.25, 0.3) is 0 Å². The molecular weight excluding hydrogens is 288 g/mol. The van der Waals surface area contributed by atoms with Crippen LogP contribution in [0.5, 0.6) is 0 Å². The molecule has 1 aliphatic rings. The Bertz CT molecular complexity index is 624.